The molecule has 0 fully saturated rings. The summed E-state index contributed by atoms with van der Waals surface area (Å²) in [5.41, 5.74) is 23.4. The molecule has 25 heavy (non-hydrogen) atoms. The number of hydrogen-bond acceptors (Lipinski definition) is 3. The largest absolute Gasteiger partial charge is 3.00 e. The third kappa shape index (κ3) is 7.89. The number of aryl methyl sites for hydroxylation is 1. The van der Waals surface area contributed by atoms with Crippen molar-refractivity contribution >= 4 is 29.3 Å². The molecule has 0 aromatic heterocycles. The van der Waals surface area contributed by atoms with Crippen LogP contribution < -0.4 is 10.8 Å². The Labute approximate surface area is 160 Å². The van der Waals surface area contributed by atoms with Crippen LogP contribution in [-0.2, 0) is 11.2 Å². The molecule has 3 atom stereocenters. The number of benzene rings is 1. The second-order valence-electron chi connectivity index (χ2n) is 6.04. The smallest absolute Gasteiger partial charge is 0.851 e. The predicted octanol–water partition coefficient (Wildman–Crippen LogP) is 2.00. The van der Waals surface area contributed by atoms with Gasteiger partial charge >= 0.3 is 17.4 Å². The number of fused-ring (bicyclic) bond motifs is 1. The number of methoxy groups -OCH3 is 1. The van der Waals surface area contributed by atoms with E-state index in [1.807, 2.05) is 6.92 Å². The molecule has 1 aromatic carbocycles. The van der Waals surface area contributed by atoms with E-state index in [4.69, 9.17) is 17.2 Å². The van der Waals surface area contributed by atoms with Gasteiger partial charge in [0.1, 0.15) is 0 Å². The van der Waals surface area contributed by atoms with Crippen LogP contribution in [0.3, 0.4) is 0 Å². The molecule has 0 heterocycles. The van der Waals surface area contributed by atoms with E-state index in [1.165, 1.54) is 23.8 Å². The van der Waals surface area contributed by atoms with E-state index in [0.717, 1.165) is 6.42 Å². The van der Waals surface area contributed by atoms with Gasteiger partial charge in [0.25, 0.3) is 0 Å². The summed E-state index contributed by atoms with van der Waals surface area (Å²) < 4.78 is 4.49. The van der Waals surface area contributed by atoms with Crippen molar-refractivity contribution < 1.29 is 9.84 Å². The minimum Gasteiger partial charge on any atom is -0.851 e. The van der Waals surface area contributed by atoms with Crippen molar-refractivity contribution in [3.63, 3.8) is 0 Å². The van der Waals surface area contributed by atoms with Crippen LogP contribution in [0.1, 0.15) is 36.6 Å². The van der Waals surface area contributed by atoms with Gasteiger partial charge in [-0.05, 0) is 30.4 Å². The monoisotopic (exact) mass is 359 g/mol. The van der Waals surface area contributed by atoms with E-state index >= 15 is 0 Å². The summed E-state index contributed by atoms with van der Waals surface area (Å²) in [5.74, 6) is -0.197. The number of nitrogens with two attached hydrogens (primary N) is 1. The Morgan fingerprint density at radius 3 is 2.56 bits per heavy atom. The van der Waals surface area contributed by atoms with Crippen LogP contribution in [0, 0.1) is 12.8 Å². The summed E-state index contributed by atoms with van der Waals surface area (Å²) in [6, 6.07) is 6.30. The summed E-state index contributed by atoms with van der Waals surface area (Å²) in [6.45, 7) is 6.06. The standard InChI is InChI=1S/C13H17N5.C4H9O2.Al/c1-7-3-4-9-6-8(2)11(10(9)5-7)17-13(16)18-12(14)15;1-4(5)3-6-2;/h3-5,8,11H,6H2,1-2H3,(H4-2,14,15,16,17,18);4H,3H2,1-2H3;/q-2;-1;+3/t8-,11+;;/m1../s1. The van der Waals surface area contributed by atoms with Crippen molar-refractivity contribution in [2.45, 2.75) is 39.3 Å². The van der Waals surface area contributed by atoms with Crippen LogP contribution in [0.15, 0.2) is 28.2 Å². The number of hydrogen-bond donors (Lipinski definition) is 1. The maximum atomic E-state index is 10.0. The molecule has 1 aliphatic rings. The maximum absolute atomic E-state index is 10.0. The van der Waals surface area contributed by atoms with Gasteiger partial charge in [-0.15, -0.1) is 6.10 Å². The van der Waals surface area contributed by atoms with Crippen molar-refractivity contribution in [3.05, 3.63) is 46.4 Å². The van der Waals surface area contributed by atoms with Crippen LogP contribution in [0.5, 0.6) is 0 Å². The molecular formula is C17H26AlN5O2. The molecule has 0 saturated heterocycles. The van der Waals surface area contributed by atoms with Gasteiger partial charge in [0.2, 0.25) is 0 Å². The first-order valence-electron chi connectivity index (χ1n) is 7.84. The van der Waals surface area contributed by atoms with Gasteiger partial charge in [0.05, 0.1) is 0 Å². The molecule has 1 aromatic rings. The average Bonchev–Trinajstić information content (AvgIpc) is 2.75. The van der Waals surface area contributed by atoms with Gasteiger partial charge in [-0.25, -0.2) is 0 Å². The van der Waals surface area contributed by atoms with Crippen molar-refractivity contribution in [1.82, 2.24) is 0 Å². The zero-order chi connectivity index (χ0) is 18.3. The third-order valence-electron chi connectivity index (χ3n) is 3.59. The van der Waals surface area contributed by atoms with E-state index in [0.29, 0.717) is 12.5 Å². The average molecular weight is 359 g/mol. The molecule has 4 N–H and O–H groups in total. The zero-order valence-electron chi connectivity index (χ0n) is 15.2. The molecule has 0 amide bonds. The van der Waals surface area contributed by atoms with Crippen LogP contribution >= 0.6 is 0 Å². The predicted molar refractivity (Wildman–Crippen MR) is 102 cm³/mol. The number of nitrogens with zero attached hydrogens (tertiary/aromatic N) is 2. The van der Waals surface area contributed by atoms with Crippen LogP contribution in [0.25, 0.3) is 11.5 Å². The molecule has 1 unspecified atom stereocenters. The molecule has 2 rings (SSSR count). The Kier molecular flexibility index (Phi) is 10.4. The Morgan fingerprint density at radius 1 is 1.44 bits per heavy atom. The fourth-order valence-electron chi connectivity index (χ4n) is 2.65. The molecule has 0 radical (unpaired) electrons. The Morgan fingerprint density at radius 2 is 2.08 bits per heavy atom. The fraction of sp³-hybridized carbons (Fsp3) is 0.529. The first kappa shape index (κ1) is 23.4. The Balaban J connectivity index is 0.000000715. The number of nitrogens with one attached hydrogen (secondary N) is 2. The molecule has 8 heteroatoms. The second-order valence-corrected chi connectivity index (χ2v) is 6.04. The van der Waals surface area contributed by atoms with E-state index in [9.17, 15) is 5.11 Å². The van der Waals surface area contributed by atoms with E-state index in [1.54, 1.807) is 6.92 Å². The van der Waals surface area contributed by atoms with Crippen molar-refractivity contribution in [2.75, 3.05) is 13.7 Å². The Hall–Kier alpha value is -1.59. The molecule has 134 valence electrons. The fourth-order valence-corrected chi connectivity index (χ4v) is 2.65. The quantitative estimate of drug-likeness (QED) is 0.503. The molecule has 0 aliphatic heterocycles. The van der Waals surface area contributed by atoms with Gasteiger partial charge in [0.15, 0.2) is 0 Å². The minimum atomic E-state index is -0.574. The van der Waals surface area contributed by atoms with E-state index in [2.05, 4.69) is 39.8 Å². The van der Waals surface area contributed by atoms with Crippen molar-refractivity contribution in [2.24, 2.45) is 21.6 Å². The first-order valence-corrected chi connectivity index (χ1v) is 7.84. The van der Waals surface area contributed by atoms with Gasteiger partial charge in [0, 0.05) is 31.7 Å². The molecule has 1 aliphatic carbocycles. The van der Waals surface area contributed by atoms with E-state index < -0.39 is 6.10 Å². The minimum absolute atomic E-state index is 0. The summed E-state index contributed by atoms with van der Waals surface area (Å²) in [5, 5.41) is 10.0. The zero-order valence-corrected chi connectivity index (χ0v) is 16.4. The van der Waals surface area contributed by atoms with Crippen LogP contribution in [0.2, 0.25) is 0 Å². The summed E-state index contributed by atoms with van der Waals surface area (Å²) in [6.07, 6.45) is 0.395. The Bertz CT molecular complexity index is 601. The number of aliphatic imine (C=N–C) groups is 2. The van der Waals surface area contributed by atoms with Crippen molar-refractivity contribution in [1.29, 1.82) is 0 Å². The molecule has 0 saturated carbocycles. The van der Waals surface area contributed by atoms with Gasteiger partial charge < -0.3 is 37.0 Å². The third-order valence-corrected chi connectivity index (χ3v) is 3.59. The normalized spacial score (nSPS) is 20.8. The van der Waals surface area contributed by atoms with Gasteiger partial charge in [-0.3, -0.25) is 0 Å². The van der Waals surface area contributed by atoms with Gasteiger partial charge in [-0.1, -0.05) is 37.6 Å². The molecule has 7 nitrogen and oxygen atoms in total. The van der Waals surface area contributed by atoms with Crippen LogP contribution in [-0.4, -0.2) is 49.1 Å². The summed E-state index contributed by atoms with van der Waals surface area (Å²) >= 11 is 0. The van der Waals surface area contributed by atoms with Gasteiger partial charge in [-0.2, -0.15) is 0 Å². The number of ether oxygens (including phenoxy) is 1. The summed E-state index contributed by atoms with van der Waals surface area (Å²) in [4.78, 5) is 7.82. The molecular weight excluding hydrogens is 333 g/mol. The summed E-state index contributed by atoms with van der Waals surface area (Å²) in [7, 11) is 1.52. The topological polar surface area (TPSA) is 131 Å². The second kappa shape index (κ2) is 11.1. The number of rotatable bonds is 3. The SMILES string of the molecule is COCC(C)[O-].Cc1ccc2c(c1)[C@@H](N=C([NH-])/N=C(/[NH-])N)[C@H](C)C2.[Al+3]. The number of guanidine groups is 2. The first-order chi connectivity index (χ1) is 11.2. The van der Waals surface area contributed by atoms with Crippen LogP contribution in [0.4, 0.5) is 0 Å². The van der Waals surface area contributed by atoms with E-state index in [-0.39, 0.29) is 35.3 Å². The molecule has 0 bridgehead atoms. The van der Waals surface area contributed by atoms with Crippen molar-refractivity contribution in [3.8, 4) is 0 Å². The molecule has 0 spiro atoms. The maximum Gasteiger partial charge on any atom is 3.00 e.